The van der Waals surface area contributed by atoms with Gasteiger partial charge in [0.1, 0.15) is 17.2 Å². The number of nitrogens with one attached hydrogen (secondary N) is 1. The summed E-state index contributed by atoms with van der Waals surface area (Å²) < 4.78 is 5.70. The molecule has 0 saturated carbocycles. The van der Waals surface area contributed by atoms with Crippen LogP contribution in [0.4, 0.5) is 5.69 Å². The number of hydrogen-bond donors (Lipinski definition) is 2. The Balaban J connectivity index is 1.76. The van der Waals surface area contributed by atoms with E-state index in [0.29, 0.717) is 27.2 Å². The molecule has 0 fully saturated rings. The van der Waals surface area contributed by atoms with Gasteiger partial charge in [-0.25, -0.2) is 0 Å². The average Bonchev–Trinajstić information content (AvgIpc) is 2.68. The van der Waals surface area contributed by atoms with Crippen molar-refractivity contribution in [2.24, 2.45) is 0 Å². The third kappa shape index (κ3) is 3.63. The fourth-order valence-corrected chi connectivity index (χ4v) is 3.21. The predicted octanol–water partition coefficient (Wildman–Crippen LogP) is 5.25. The molecule has 0 radical (unpaired) electrons. The number of hydrogen-bond acceptors (Lipinski definition) is 5. The summed E-state index contributed by atoms with van der Waals surface area (Å²) in [6.45, 7) is 0. The molecule has 4 rings (SSSR count). The topological polar surface area (TPSA) is 105 Å². The molecule has 1 heterocycles. The Kier molecular flexibility index (Phi) is 4.66. The Bertz CT molecular complexity index is 1320. The van der Waals surface area contributed by atoms with E-state index in [1.54, 1.807) is 48.5 Å². The van der Waals surface area contributed by atoms with E-state index in [1.807, 2.05) is 0 Å². The highest BCUT2D eigenvalue weighted by molar-refractivity contribution is 6.31. The number of aromatic amines is 1. The van der Waals surface area contributed by atoms with Gasteiger partial charge in [-0.15, -0.1) is 0 Å². The molecule has 3 aromatic carbocycles. The zero-order valence-electron chi connectivity index (χ0n) is 14.8. The number of rotatable bonds is 4. The number of aromatic nitrogens is 1. The maximum atomic E-state index is 12.6. The number of ether oxygens (including phenoxy) is 1. The van der Waals surface area contributed by atoms with E-state index in [-0.39, 0.29) is 22.7 Å². The van der Waals surface area contributed by atoms with Crippen molar-refractivity contribution in [1.82, 2.24) is 4.98 Å². The van der Waals surface area contributed by atoms with E-state index in [0.717, 1.165) is 0 Å². The van der Waals surface area contributed by atoms with E-state index in [9.17, 15) is 20.0 Å². The third-order valence-corrected chi connectivity index (χ3v) is 4.57. The van der Waals surface area contributed by atoms with Crippen molar-refractivity contribution in [3.63, 3.8) is 0 Å². The van der Waals surface area contributed by atoms with E-state index in [4.69, 9.17) is 16.3 Å². The summed E-state index contributed by atoms with van der Waals surface area (Å²) in [7, 11) is 0. The van der Waals surface area contributed by atoms with Crippen molar-refractivity contribution >= 4 is 28.2 Å². The molecule has 29 heavy (non-hydrogen) atoms. The summed E-state index contributed by atoms with van der Waals surface area (Å²) in [5.41, 5.74) is 0.367. The lowest BCUT2D eigenvalue weighted by Crippen LogP contribution is -2.09. The molecule has 0 saturated heterocycles. The van der Waals surface area contributed by atoms with Gasteiger partial charge < -0.3 is 14.8 Å². The molecule has 0 aliphatic rings. The summed E-state index contributed by atoms with van der Waals surface area (Å²) >= 11 is 5.95. The monoisotopic (exact) mass is 408 g/mol. The van der Waals surface area contributed by atoms with Gasteiger partial charge in [-0.05, 0) is 42.0 Å². The second-order valence-corrected chi connectivity index (χ2v) is 6.69. The van der Waals surface area contributed by atoms with Crippen molar-refractivity contribution in [2.75, 3.05) is 0 Å². The van der Waals surface area contributed by atoms with Crippen molar-refractivity contribution < 1.29 is 14.8 Å². The first-order valence-electron chi connectivity index (χ1n) is 8.49. The summed E-state index contributed by atoms with van der Waals surface area (Å²) in [6, 6.07) is 17.1. The van der Waals surface area contributed by atoms with Crippen LogP contribution in [-0.4, -0.2) is 15.0 Å². The number of nitro benzene ring substituents is 1. The molecular formula is C21H13ClN2O5. The van der Waals surface area contributed by atoms with Crippen molar-refractivity contribution in [2.45, 2.75) is 0 Å². The molecule has 0 unspecified atom stereocenters. The van der Waals surface area contributed by atoms with E-state index < -0.39 is 10.5 Å². The molecular weight excluding hydrogens is 396 g/mol. The van der Waals surface area contributed by atoms with Gasteiger partial charge in [0.05, 0.1) is 22.1 Å². The van der Waals surface area contributed by atoms with Gasteiger partial charge in [-0.1, -0.05) is 29.8 Å². The minimum absolute atomic E-state index is 0.0873. The normalized spacial score (nSPS) is 10.8. The summed E-state index contributed by atoms with van der Waals surface area (Å²) in [4.78, 5) is 25.7. The molecule has 0 aliphatic heterocycles. The zero-order chi connectivity index (χ0) is 20.5. The lowest BCUT2D eigenvalue weighted by atomic mass is 10.0. The van der Waals surface area contributed by atoms with Gasteiger partial charge in [0, 0.05) is 16.5 Å². The van der Waals surface area contributed by atoms with E-state index >= 15 is 0 Å². The molecule has 0 spiro atoms. The molecule has 2 N–H and O–H groups in total. The lowest BCUT2D eigenvalue weighted by molar-refractivity contribution is -0.384. The predicted molar refractivity (Wildman–Crippen MR) is 110 cm³/mol. The first-order chi connectivity index (χ1) is 13.9. The number of fused-ring (bicyclic) bond motifs is 1. The zero-order valence-corrected chi connectivity index (χ0v) is 15.5. The van der Waals surface area contributed by atoms with Crippen molar-refractivity contribution in [3.8, 4) is 28.4 Å². The van der Waals surface area contributed by atoms with Crippen LogP contribution >= 0.6 is 11.6 Å². The molecule has 0 atom stereocenters. The first-order valence-corrected chi connectivity index (χ1v) is 8.87. The van der Waals surface area contributed by atoms with Gasteiger partial charge in [0.25, 0.3) is 11.2 Å². The van der Waals surface area contributed by atoms with Crippen LogP contribution in [0.25, 0.3) is 22.0 Å². The van der Waals surface area contributed by atoms with Crippen LogP contribution in [-0.2, 0) is 0 Å². The van der Waals surface area contributed by atoms with Crippen LogP contribution in [0.1, 0.15) is 0 Å². The van der Waals surface area contributed by atoms with Gasteiger partial charge in [0.2, 0.25) is 0 Å². The average molecular weight is 409 g/mol. The maximum absolute atomic E-state index is 12.6. The second kappa shape index (κ2) is 7.29. The van der Waals surface area contributed by atoms with Crippen molar-refractivity contribution in [1.29, 1.82) is 0 Å². The molecule has 0 bridgehead atoms. The quantitative estimate of drug-likeness (QED) is 0.354. The van der Waals surface area contributed by atoms with Gasteiger partial charge in [-0.2, -0.15) is 0 Å². The summed E-state index contributed by atoms with van der Waals surface area (Å²) in [6.07, 6.45) is 0. The number of nitrogens with zero attached hydrogens (tertiary/aromatic N) is 1. The second-order valence-electron chi connectivity index (χ2n) is 6.25. The number of nitro groups is 1. The SMILES string of the molecule is O=c1[nH]c2cc(Cl)ccc2c(O)c1-c1cccc(Oc2cccc([N+](=O)[O-])c2)c1. The number of pyridine rings is 1. The number of H-pyrrole nitrogens is 1. The Morgan fingerprint density at radius 3 is 2.48 bits per heavy atom. The highest BCUT2D eigenvalue weighted by atomic mass is 35.5. The van der Waals surface area contributed by atoms with Gasteiger partial charge >= 0.3 is 0 Å². The summed E-state index contributed by atoms with van der Waals surface area (Å²) in [5, 5.41) is 22.5. The van der Waals surface area contributed by atoms with Crippen LogP contribution in [0, 0.1) is 10.1 Å². The van der Waals surface area contributed by atoms with Gasteiger partial charge in [-0.3, -0.25) is 14.9 Å². The molecule has 0 amide bonds. The highest BCUT2D eigenvalue weighted by Gasteiger charge is 2.15. The number of halogens is 1. The molecule has 4 aromatic rings. The fraction of sp³-hybridized carbons (Fsp3) is 0. The molecule has 8 heteroatoms. The molecule has 7 nitrogen and oxygen atoms in total. The highest BCUT2D eigenvalue weighted by Crippen LogP contribution is 2.35. The van der Waals surface area contributed by atoms with Crippen LogP contribution in [0.3, 0.4) is 0 Å². The Hall–Kier alpha value is -3.84. The summed E-state index contributed by atoms with van der Waals surface area (Å²) in [5.74, 6) is 0.466. The number of aromatic hydroxyl groups is 1. The maximum Gasteiger partial charge on any atom is 0.273 e. The van der Waals surface area contributed by atoms with E-state index in [2.05, 4.69) is 4.98 Å². The number of non-ortho nitro benzene ring substituents is 1. The third-order valence-electron chi connectivity index (χ3n) is 4.34. The Labute approximate surface area is 168 Å². The minimum Gasteiger partial charge on any atom is -0.506 e. The first kappa shape index (κ1) is 18.5. The molecule has 0 aliphatic carbocycles. The molecule has 1 aromatic heterocycles. The fourth-order valence-electron chi connectivity index (χ4n) is 3.03. The largest absolute Gasteiger partial charge is 0.506 e. The van der Waals surface area contributed by atoms with E-state index in [1.165, 1.54) is 18.2 Å². The van der Waals surface area contributed by atoms with Crippen molar-refractivity contribution in [3.05, 3.63) is 92.2 Å². The smallest absolute Gasteiger partial charge is 0.273 e. The standard InChI is InChI=1S/C21H13ClN2O5/c22-13-7-8-17-18(10-13)23-21(26)19(20(17)25)12-3-1-5-15(9-12)29-16-6-2-4-14(11-16)24(27)28/h1-11H,(H2,23,25,26). The van der Waals surface area contributed by atoms with Crippen LogP contribution < -0.4 is 10.3 Å². The molecule has 144 valence electrons. The van der Waals surface area contributed by atoms with Crippen LogP contribution in [0.5, 0.6) is 17.2 Å². The lowest BCUT2D eigenvalue weighted by Gasteiger charge is -2.10. The number of benzene rings is 3. The Morgan fingerprint density at radius 2 is 1.72 bits per heavy atom. The van der Waals surface area contributed by atoms with Crippen LogP contribution in [0.15, 0.2) is 71.5 Å². The Morgan fingerprint density at radius 1 is 1.00 bits per heavy atom. The minimum atomic E-state index is -0.512. The van der Waals surface area contributed by atoms with Crippen LogP contribution in [0.2, 0.25) is 5.02 Å². The van der Waals surface area contributed by atoms with Gasteiger partial charge in [0.15, 0.2) is 0 Å².